The normalized spacial score (nSPS) is 12.7. The van der Waals surface area contributed by atoms with E-state index in [1.54, 1.807) is 47.8 Å². The van der Waals surface area contributed by atoms with Gasteiger partial charge >= 0.3 is 23.8 Å². The summed E-state index contributed by atoms with van der Waals surface area (Å²) >= 11 is 5.97. The number of amides is 1. The van der Waals surface area contributed by atoms with Crippen LogP contribution in [0.5, 0.6) is 0 Å². The summed E-state index contributed by atoms with van der Waals surface area (Å²) in [5, 5.41) is 10.5. The average Bonchev–Trinajstić information content (AvgIpc) is 2.74. The van der Waals surface area contributed by atoms with Crippen LogP contribution in [0.15, 0.2) is 48.5 Å². The van der Waals surface area contributed by atoms with Crippen molar-refractivity contribution in [3.05, 3.63) is 59.1 Å². The molecule has 0 saturated heterocycles. The van der Waals surface area contributed by atoms with Crippen molar-refractivity contribution in [2.24, 2.45) is 0 Å². The first kappa shape index (κ1) is 26.1. The molecular weight excluding hydrogens is 470 g/mol. The number of rotatable bonds is 10. The van der Waals surface area contributed by atoms with Crippen LogP contribution in [-0.4, -0.2) is 47.4 Å². The number of nitrogens with one attached hydrogen (secondary N) is 1. The highest BCUT2D eigenvalue weighted by Gasteiger charge is 2.67. The van der Waals surface area contributed by atoms with E-state index in [-0.39, 0.29) is 13.0 Å². The summed E-state index contributed by atoms with van der Waals surface area (Å²) in [6.07, 6.45) is -0.778. The molecule has 0 fully saturated rings. The van der Waals surface area contributed by atoms with Crippen LogP contribution in [0.2, 0.25) is 5.02 Å². The third kappa shape index (κ3) is 6.44. The summed E-state index contributed by atoms with van der Waals surface area (Å²) in [6, 6.07) is 12.2. The lowest BCUT2D eigenvalue weighted by molar-refractivity contribution is -0.222. The molecule has 1 amide bonds. The molecule has 2 aromatic rings. The third-order valence-electron chi connectivity index (χ3n) is 4.60. The SMILES string of the molecule is CCOC(=O)C[C@@H](Cc1ccc(-c2cccc(Cl)c2)cc1)NC(=O)C(F)(F)C(F)(F)C(=O)O. The topological polar surface area (TPSA) is 92.7 Å². The maximum Gasteiger partial charge on any atom is 0.413 e. The van der Waals surface area contributed by atoms with E-state index in [9.17, 15) is 31.9 Å². The van der Waals surface area contributed by atoms with Crippen LogP contribution < -0.4 is 5.32 Å². The first-order valence-corrected chi connectivity index (χ1v) is 10.1. The van der Waals surface area contributed by atoms with Crippen molar-refractivity contribution >= 4 is 29.4 Å². The number of carboxylic acid groups (broad SMARTS) is 1. The lowest BCUT2D eigenvalue weighted by atomic mass is 9.99. The fraction of sp³-hybridized carbons (Fsp3) is 0.318. The van der Waals surface area contributed by atoms with E-state index in [1.807, 2.05) is 6.07 Å². The van der Waals surface area contributed by atoms with Gasteiger partial charge < -0.3 is 15.2 Å². The van der Waals surface area contributed by atoms with Crippen LogP contribution in [-0.2, 0) is 25.5 Å². The Labute approximate surface area is 191 Å². The summed E-state index contributed by atoms with van der Waals surface area (Å²) in [5.41, 5.74) is 2.07. The van der Waals surface area contributed by atoms with Crippen molar-refractivity contribution in [2.75, 3.05) is 6.61 Å². The minimum Gasteiger partial charge on any atom is -0.477 e. The fourth-order valence-corrected chi connectivity index (χ4v) is 3.12. The molecule has 0 aliphatic rings. The van der Waals surface area contributed by atoms with E-state index < -0.39 is 42.2 Å². The second-order valence-electron chi connectivity index (χ2n) is 7.04. The number of carbonyl (C=O) groups is 3. The molecule has 0 saturated carbocycles. The quantitative estimate of drug-likeness (QED) is 0.382. The van der Waals surface area contributed by atoms with Crippen LogP contribution in [0.25, 0.3) is 11.1 Å². The van der Waals surface area contributed by atoms with Gasteiger partial charge in [-0.15, -0.1) is 0 Å². The van der Waals surface area contributed by atoms with Gasteiger partial charge in [-0.3, -0.25) is 9.59 Å². The van der Waals surface area contributed by atoms with Gasteiger partial charge in [0.25, 0.3) is 5.91 Å². The Bertz CT molecular complexity index is 1010. The molecule has 33 heavy (non-hydrogen) atoms. The van der Waals surface area contributed by atoms with Crippen LogP contribution >= 0.6 is 11.6 Å². The first-order valence-electron chi connectivity index (χ1n) is 9.69. The van der Waals surface area contributed by atoms with Gasteiger partial charge in [-0.1, -0.05) is 48.0 Å². The lowest BCUT2D eigenvalue weighted by Gasteiger charge is -2.25. The number of aliphatic carboxylic acids is 1. The molecule has 2 N–H and O–H groups in total. The van der Waals surface area contributed by atoms with Crippen LogP contribution in [0.3, 0.4) is 0 Å². The van der Waals surface area contributed by atoms with E-state index >= 15 is 0 Å². The molecule has 2 rings (SSSR count). The molecule has 11 heteroatoms. The molecule has 178 valence electrons. The van der Waals surface area contributed by atoms with Gasteiger partial charge in [0.05, 0.1) is 13.0 Å². The molecule has 2 aromatic carbocycles. The summed E-state index contributed by atoms with van der Waals surface area (Å²) < 4.78 is 59.1. The zero-order valence-corrected chi connectivity index (χ0v) is 18.0. The Morgan fingerprint density at radius 3 is 2.21 bits per heavy atom. The Balaban J connectivity index is 2.22. The number of carboxylic acids is 1. The number of benzene rings is 2. The van der Waals surface area contributed by atoms with Gasteiger partial charge in [0.2, 0.25) is 0 Å². The van der Waals surface area contributed by atoms with Gasteiger partial charge in [-0.25, -0.2) is 4.79 Å². The second-order valence-corrected chi connectivity index (χ2v) is 7.48. The maximum atomic E-state index is 13.8. The van der Waals surface area contributed by atoms with E-state index in [0.29, 0.717) is 10.6 Å². The molecule has 0 bridgehead atoms. The number of halogens is 5. The van der Waals surface area contributed by atoms with Crippen molar-refractivity contribution in [2.45, 2.75) is 37.7 Å². The summed E-state index contributed by atoms with van der Waals surface area (Å²) in [4.78, 5) is 34.2. The van der Waals surface area contributed by atoms with E-state index in [2.05, 4.69) is 0 Å². The molecule has 0 heterocycles. The molecule has 1 atom stereocenters. The van der Waals surface area contributed by atoms with Crippen molar-refractivity contribution in [1.82, 2.24) is 5.32 Å². The van der Waals surface area contributed by atoms with Gasteiger partial charge in [0, 0.05) is 11.1 Å². The first-order chi connectivity index (χ1) is 15.4. The van der Waals surface area contributed by atoms with Crippen LogP contribution in [0, 0.1) is 0 Å². The summed E-state index contributed by atoms with van der Waals surface area (Å²) in [7, 11) is 0. The molecule has 6 nitrogen and oxygen atoms in total. The second kappa shape index (κ2) is 10.7. The van der Waals surface area contributed by atoms with Gasteiger partial charge in [-0.2, -0.15) is 17.6 Å². The standard InChI is InChI=1S/C22H20ClF4NO5/c1-2-33-18(29)12-17(28-19(30)21(24,25)22(26,27)20(31)32)10-13-6-8-14(9-7-13)15-4-3-5-16(23)11-15/h3-9,11,17H,2,10,12H2,1H3,(H,28,30)(H,31,32)/t17-/m1/s1. The van der Waals surface area contributed by atoms with Crippen LogP contribution in [0.4, 0.5) is 17.6 Å². The van der Waals surface area contributed by atoms with Crippen molar-refractivity contribution in [1.29, 1.82) is 0 Å². The Kier molecular flexibility index (Phi) is 8.43. The molecule has 0 spiro atoms. The molecule has 0 aliphatic heterocycles. The minimum absolute atomic E-state index is 0.0267. The molecule has 0 aromatic heterocycles. The van der Waals surface area contributed by atoms with E-state index in [1.165, 1.54) is 6.92 Å². The zero-order valence-electron chi connectivity index (χ0n) is 17.3. The largest absolute Gasteiger partial charge is 0.477 e. The number of hydrogen-bond acceptors (Lipinski definition) is 4. The molecule has 0 aliphatic carbocycles. The van der Waals surface area contributed by atoms with Gasteiger partial charge in [0.15, 0.2) is 0 Å². The van der Waals surface area contributed by atoms with Gasteiger partial charge in [-0.05, 0) is 42.2 Å². The zero-order chi connectivity index (χ0) is 24.8. The Hall–Kier alpha value is -3.14. The summed E-state index contributed by atoms with van der Waals surface area (Å²) in [5.74, 6) is -17.7. The van der Waals surface area contributed by atoms with Gasteiger partial charge in [0.1, 0.15) is 0 Å². The Morgan fingerprint density at radius 2 is 1.67 bits per heavy atom. The van der Waals surface area contributed by atoms with Crippen molar-refractivity contribution in [3.8, 4) is 11.1 Å². The van der Waals surface area contributed by atoms with Crippen molar-refractivity contribution < 1.29 is 41.8 Å². The predicted molar refractivity (Wildman–Crippen MR) is 111 cm³/mol. The number of hydrogen-bond donors (Lipinski definition) is 2. The lowest BCUT2D eigenvalue weighted by Crippen LogP contribution is -2.58. The van der Waals surface area contributed by atoms with E-state index in [0.717, 1.165) is 11.1 Å². The highest BCUT2D eigenvalue weighted by molar-refractivity contribution is 6.30. The number of carbonyl (C=O) groups excluding carboxylic acids is 2. The predicted octanol–water partition coefficient (Wildman–Crippen LogP) is 4.34. The highest BCUT2D eigenvalue weighted by atomic mass is 35.5. The average molecular weight is 490 g/mol. The molecule has 0 radical (unpaired) electrons. The monoisotopic (exact) mass is 489 g/mol. The Morgan fingerprint density at radius 1 is 1.03 bits per heavy atom. The van der Waals surface area contributed by atoms with Crippen LogP contribution in [0.1, 0.15) is 18.9 Å². The minimum atomic E-state index is -5.63. The van der Waals surface area contributed by atoms with E-state index in [4.69, 9.17) is 21.4 Å². The smallest absolute Gasteiger partial charge is 0.413 e. The maximum absolute atomic E-state index is 13.8. The molecular formula is C22H20ClF4NO5. The third-order valence-corrected chi connectivity index (χ3v) is 4.83. The van der Waals surface area contributed by atoms with Crippen molar-refractivity contribution in [3.63, 3.8) is 0 Å². The highest BCUT2D eigenvalue weighted by Crippen LogP contribution is 2.35. The summed E-state index contributed by atoms with van der Waals surface area (Å²) in [6.45, 7) is 1.47. The fourth-order valence-electron chi connectivity index (χ4n) is 2.93. The number of ether oxygens (including phenoxy) is 1. The molecule has 0 unspecified atom stereocenters. The number of esters is 1. The number of alkyl halides is 4.